The number of nitrogens with one attached hydrogen (secondary N) is 2. The van der Waals surface area contributed by atoms with Crippen LogP contribution in [0.4, 0.5) is 0 Å². The molecule has 4 atom stereocenters. The molecule has 0 aromatic rings. The van der Waals surface area contributed by atoms with E-state index in [2.05, 4.69) is 31.4 Å². The number of amides is 1. The van der Waals surface area contributed by atoms with Gasteiger partial charge in [-0.25, -0.2) is 0 Å². The highest BCUT2D eigenvalue weighted by Crippen LogP contribution is 2.33. The van der Waals surface area contributed by atoms with Gasteiger partial charge in [0.2, 0.25) is 5.91 Å². The van der Waals surface area contributed by atoms with Crippen LogP contribution in [-0.2, 0) is 4.79 Å². The first-order valence-corrected chi connectivity index (χ1v) is 8.09. The van der Waals surface area contributed by atoms with E-state index in [1.165, 1.54) is 6.42 Å². The number of hydrogen-bond acceptors (Lipinski definition) is 2. The van der Waals surface area contributed by atoms with Crippen molar-refractivity contribution in [1.82, 2.24) is 10.6 Å². The molecule has 4 unspecified atom stereocenters. The second-order valence-corrected chi connectivity index (χ2v) is 6.85. The maximum absolute atomic E-state index is 12.7. The van der Waals surface area contributed by atoms with E-state index in [1.807, 2.05) is 0 Å². The van der Waals surface area contributed by atoms with Gasteiger partial charge in [-0.1, -0.05) is 20.8 Å². The van der Waals surface area contributed by atoms with Crippen molar-refractivity contribution < 1.29 is 4.79 Å². The summed E-state index contributed by atoms with van der Waals surface area (Å²) in [4.78, 5) is 12.7. The molecule has 1 heterocycles. The molecule has 2 rings (SSSR count). The highest BCUT2D eigenvalue weighted by molar-refractivity contribution is 5.83. The third-order valence-electron chi connectivity index (χ3n) is 5.56. The topological polar surface area (TPSA) is 41.1 Å². The minimum absolute atomic E-state index is 0.148. The van der Waals surface area contributed by atoms with Gasteiger partial charge >= 0.3 is 0 Å². The summed E-state index contributed by atoms with van der Waals surface area (Å²) in [5, 5.41) is 6.75. The van der Waals surface area contributed by atoms with Gasteiger partial charge in [0.05, 0.1) is 5.41 Å². The molecule has 19 heavy (non-hydrogen) atoms. The molecule has 3 nitrogen and oxygen atoms in total. The second-order valence-electron chi connectivity index (χ2n) is 6.85. The van der Waals surface area contributed by atoms with Gasteiger partial charge in [-0.05, 0) is 56.9 Å². The van der Waals surface area contributed by atoms with Crippen molar-refractivity contribution in [2.24, 2.45) is 17.3 Å². The molecule has 1 amide bonds. The minimum Gasteiger partial charge on any atom is -0.353 e. The van der Waals surface area contributed by atoms with E-state index in [-0.39, 0.29) is 5.41 Å². The summed E-state index contributed by atoms with van der Waals surface area (Å²) in [5.41, 5.74) is -0.148. The lowest BCUT2D eigenvalue weighted by atomic mass is 9.75. The van der Waals surface area contributed by atoms with Gasteiger partial charge < -0.3 is 10.6 Å². The number of carbonyl (C=O) groups excluding carboxylic acids is 1. The molecule has 0 bridgehead atoms. The van der Waals surface area contributed by atoms with Gasteiger partial charge in [0.1, 0.15) is 0 Å². The molecule has 2 aliphatic rings. The van der Waals surface area contributed by atoms with Crippen LogP contribution in [0.2, 0.25) is 0 Å². The number of hydrogen-bond donors (Lipinski definition) is 2. The molecule has 2 fully saturated rings. The molecular formula is C16H30N2O. The number of carbonyl (C=O) groups is 1. The fraction of sp³-hybridized carbons (Fsp3) is 0.938. The molecule has 0 aromatic heterocycles. The normalized spacial score (nSPS) is 39.8. The van der Waals surface area contributed by atoms with Gasteiger partial charge in [-0.3, -0.25) is 4.79 Å². The first-order chi connectivity index (χ1) is 9.07. The van der Waals surface area contributed by atoms with Crippen molar-refractivity contribution in [3.8, 4) is 0 Å². The molecule has 110 valence electrons. The van der Waals surface area contributed by atoms with E-state index in [0.29, 0.717) is 11.9 Å². The Labute approximate surface area is 117 Å². The van der Waals surface area contributed by atoms with Crippen LogP contribution >= 0.6 is 0 Å². The van der Waals surface area contributed by atoms with Crippen LogP contribution in [0.5, 0.6) is 0 Å². The van der Waals surface area contributed by atoms with Crippen LogP contribution in [0.25, 0.3) is 0 Å². The molecule has 1 saturated heterocycles. The number of piperidine rings is 1. The Kier molecular flexibility index (Phi) is 4.88. The van der Waals surface area contributed by atoms with Gasteiger partial charge in [0.25, 0.3) is 0 Å². The predicted molar refractivity (Wildman–Crippen MR) is 78.9 cm³/mol. The molecule has 1 aliphatic carbocycles. The fourth-order valence-corrected chi connectivity index (χ4v) is 3.64. The van der Waals surface area contributed by atoms with Crippen molar-refractivity contribution >= 4 is 5.91 Å². The SMILES string of the molecule is CCC1(C(=O)NC2CCC(C)C(C)C2)CCCNC1. The van der Waals surface area contributed by atoms with E-state index in [0.717, 1.165) is 57.0 Å². The molecule has 0 aromatic carbocycles. The van der Waals surface area contributed by atoms with Crippen LogP contribution in [0.1, 0.15) is 59.3 Å². The van der Waals surface area contributed by atoms with E-state index in [1.54, 1.807) is 0 Å². The Morgan fingerprint density at radius 3 is 2.68 bits per heavy atom. The van der Waals surface area contributed by atoms with Crippen LogP contribution < -0.4 is 10.6 Å². The smallest absolute Gasteiger partial charge is 0.227 e. The van der Waals surface area contributed by atoms with Crippen LogP contribution in [0.15, 0.2) is 0 Å². The van der Waals surface area contributed by atoms with Crippen molar-refractivity contribution in [2.75, 3.05) is 13.1 Å². The third-order valence-corrected chi connectivity index (χ3v) is 5.56. The first kappa shape index (κ1) is 14.8. The van der Waals surface area contributed by atoms with E-state index in [9.17, 15) is 4.79 Å². The lowest BCUT2D eigenvalue weighted by Gasteiger charge is -2.39. The summed E-state index contributed by atoms with van der Waals surface area (Å²) in [5.74, 6) is 1.85. The number of rotatable bonds is 3. The molecule has 1 aliphatic heterocycles. The third kappa shape index (κ3) is 3.31. The zero-order chi connectivity index (χ0) is 13.9. The Bertz CT molecular complexity index is 310. The summed E-state index contributed by atoms with van der Waals surface area (Å²) in [6, 6.07) is 0.407. The Balaban J connectivity index is 1.92. The van der Waals surface area contributed by atoms with Crippen molar-refractivity contribution in [1.29, 1.82) is 0 Å². The maximum atomic E-state index is 12.7. The van der Waals surface area contributed by atoms with Crippen LogP contribution in [0, 0.1) is 17.3 Å². The van der Waals surface area contributed by atoms with E-state index in [4.69, 9.17) is 0 Å². The lowest BCUT2D eigenvalue weighted by Crippen LogP contribution is -2.53. The monoisotopic (exact) mass is 266 g/mol. The zero-order valence-electron chi connectivity index (χ0n) is 12.8. The summed E-state index contributed by atoms with van der Waals surface area (Å²) in [6.07, 6.45) is 6.68. The zero-order valence-corrected chi connectivity index (χ0v) is 12.8. The van der Waals surface area contributed by atoms with Crippen LogP contribution in [0.3, 0.4) is 0 Å². The molecular weight excluding hydrogens is 236 g/mol. The summed E-state index contributed by atoms with van der Waals surface area (Å²) >= 11 is 0. The van der Waals surface area contributed by atoms with Gasteiger partial charge in [-0.2, -0.15) is 0 Å². The average molecular weight is 266 g/mol. The fourth-order valence-electron chi connectivity index (χ4n) is 3.64. The molecule has 0 spiro atoms. The highest BCUT2D eigenvalue weighted by Gasteiger charge is 2.39. The molecule has 1 saturated carbocycles. The van der Waals surface area contributed by atoms with E-state index >= 15 is 0 Å². The van der Waals surface area contributed by atoms with Crippen molar-refractivity contribution in [3.63, 3.8) is 0 Å². The minimum atomic E-state index is -0.148. The van der Waals surface area contributed by atoms with E-state index < -0.39 is 0 Å². The summed E-state index contributed by atoms with van der Waals surface area (Å²) in [7, 11) is 0. The second kappa shape index (κ2) is 6.25. The van der Waals surface area contributed by atoms with Gasteiger partial charge in [0, 0.05) is 12.6 Å². The summed E-state index contributed by atoms with van der Waals surface area (Å²) < 4.78 is 0. The molecule has 0 radical (unpaired) electrons. The Morgan fingerprint density at radius 1 is 1.32 bits per heavy atom. The van der Waals surface area contributed by atoms with Crippen LogP contribution in [-0.4, -0.2) is 25.0 Å². The Morgan fingerprint density at radius 2 is 2.11 bits per heavy atom. The highest BCUT2D eigenvalue weighted by atomic mass is 16.2. The first-order valence-electron chi connectivity index (χ1n) is 8.09. The van der Waals surface area contributed by atoms with Crippen molar-refractivity contribution in [2.45, 2.75) is 65.3 Å². The molecule has 2 N–H and O–H groups in total. The van der Waals surface area contributed by atoms with Gasteiger partial charge in [0.15, 0.2) is 0 Å². The largest absolute Gasteiger partial charge is 0.353 e. The van der Waals surface area contributed by atoms with Gasteiger partial charge in [-0.15, -0.1) is 0 Å². The molecule has 3 heteroatoms. The summed E-state index contributed by atoms with van der Waals surface area (Å²) in [6.45, 7) is 8.72. The standard InChI is InChI=1S/C16H30N2O/c1-4-16(8-5-9-17-11-16)15(19)18-14-7-6-12(2)13(3)10-14/h12-14,17H,4-11H2,1-3H3,(H,18,19). The predicted octanol–water partition coefficient (Wildman–Crippen LogP) is 2.71. The lowest BCUT2D eigenvalue weighted by molar-refractivity contribution is -0.133. The van der Waals surface area contributed by atoms with Crippen molar-refractivity contribution in [3.05, 3.63) is 0 Å². The quantitative estimate of drug-likeness (QED) is 0.824. The maximum Gasteiger partial charge on any atom is 0.227 e. The average Bonchev–Trinajstić information content (AvgIpc) is 2.43. The Hall–Kier alpha value is -0.570.